The Morgan fingerprint density at radius 3 is 2.70 bits per heavy atom. The zero-order chi connectivity index (χ0) is 19.4. The maximum atomic E-state index is 12.8. The van der Waals surface area contributed by atoms with Crippen molar-refractivity contribution in [2.45, 2.75) is 31.2 Å². The van der Waals surface area contributed by atoms with Gasteiger partial charge in [-0.3, -0.25) is 14.8 Å². The van der Waals surface area contributed by atoms with Gasteiger partial charge in [-0.05, 0) is 30.9 Å². The van der Waals surface area contributed by atoms with Crippen molar-refractivity contribution in [1.29, 1.82) is 0 Å². The van der Waals surface area contributed by atoms with Crippen molar-refractivity contribution in [3.05, 3.63) is 41.0 Å². The molecule has 1 N–H and O–H groups in total. The quantitative estimate of drug-likeness (QED) is 0.560. The molecule has 1 aliphatic rings. The minimum Gasteiger partial charge on any atom is -0.378 e. The van der Waals surface area contributed by atoms with Crippen LogP contribution in [0.3, 0.4) is 0 Å². The van der Waals surface area contributed by atoms with E-state index < -0.39 is 14.9 Å². The van der Waals surface area contributed by atoms with E-state index in [2.05, 4.69) is 22.3 Å². The van der Waals surface area contributed by atoms with Crippen molar-refractivity contribution in [2.75, 3.05) is 25.0 Å². The van der Waals surface area contributed by atoms with Crippen LogP contribution in [0.1, 0.15) is 19.8 Å². The molecule has 0 spiro atoms. The van der Waals surface area contributed by atoms with E-state index >= 15 is 0 Å². The molecule has 10 nitrogen and oxygen atoms in total. The monoisotopic (exact) mass is 394 g/mol. The molecule has 2 heterocycles. The molecule has 0 aliphatic carbocycles. The zero-order valence-electron chi connectivity index (χ0n) is 15.0. The minimum atomic E-state index is -3.74. The highest BCUT2D eigenvalue weighted by atomic mass is 32.2. The SMILES string of the molecule is CC1CCN(S(=O)(=O)c2ccc(NCCn3cncn3)c([N+](=O)[O-])c2)CC1. The second kappa shape index (κ2) is 8.01. The molecule has 146 valence electrons. The Labute approximate surface area is 157 Å². The van der Waals surface area contributed by atoms with Crippen LogP contribution >= 0.6 is 0 Å². The lowest BCUT2D eigenvalue weighted by molar-refractivity contribution is -0.384. The normalized spacial score (nSPS) is 16.3. The Bertz CT molecular complexity index is 892. The van der Waals surface area contributed by atoms with E-state index in [9.17, 15) is 18.5 Å². The minimum absolute atomic E-state index is 0.0504. The largest absolute Gasteiger partial charge is 0.378 e. The van der Waals surface area contributed by atoms with Crippen LogP contribution in [0.2, 0.25) is 0 Å². The molecular weight excluding hydrogens is 372 g/mol. The Hall–Kier alpha value is -2.53. The predicted molar refractivity (Wildman–Crippen MR) is 98.8 cm³/mol. The molecule has 1 saturated heterocycles. The van der Waals surface area contributed by atoms with Crippen LogP contribution in [0.15, 0.2) is 35.7 Å². The lowest BCUT2D eigenvalue weighted by Gasteiger charge is -2.29. The van der Waals surface area contributed by atoms with E-state index in [-0.39, 0.29) is 16.3 Å². The van der Waals surface area contributed by atoms with E-state index in [0.717, 1.165) is 18.9 Å². The molecule has 1 aliphatic heterocycles. The number of nitrogens with one attached hydrogen (secondary N) is 1. The summed E-state index contributed by atoms with van der Waals surface area (Å²) in [6.07, 6.45) is 4.54. The number of hydrogen-bond donors (Lipinski definition) is 1. The molecule has 2 aromatic rings. The zero-order valence-corrected chi connectivity index (χ0v) is 15.8. The van der Waals surface area contributed by atoms with Crippen molar-refractivity contribution in [3.63, 3.8) is 0 Å². The topological polar surface area (TPSA) is 123 Å². The molecule has 0 bridgehead atoms. The summed E-state index contributed by atoms with van der Waals surface area (Å²) in [4.78, 5) is 14.6. The van der Waals surface area contributed by atoms with Crippen LogP contribution in [0.4, 0.5) is 11.4 Å². The highest BCUT2D eigenvalue weighted by molar-refractivity contribution is 7.89. The van der Waals surface area contributed by atoms with E-state index in [4.69, 9.17) is 0 Å². The van der Waals surface area contributed by atoms with Crippen molar-refractivity contribution in [2.24, 2.45) is 5.92 Å². The van der Waals surface area contributed by atoms with Crippen molar-refractivity contribution in [3.8, 4) is 0 Å². The number of benzene rings is 1. The Morgan fingerprint density at radius 2 is 2.07 bits per heavy atom. The summed E-state index contributed by atoms with van der Waals surface area (Å²) in [5, 5.41) is 18.4. The highest BCUT2D eigenvalue weighted by Gasteiger charge is 2.30. The lowest BCUT2D eigenvalue weighted by Crippen LogP contribution is -2.37. The molecule has 0 saturated carbocycles. The van der Waals surface area contributed by atoms with Crippen molar-refractivity contribution in [1.82, 2.24) is 19.1 Å². The number of nitro groups is 1. The number of piperidine rings is 1. The second-order valence-corrected chi connectivity index (χ2v) is 8.55. The molecule has 27 heavy (non-hydrogen) atoms. The highest BCUT2D eigenvalue weighted by Crippen LogP contribution is 2.30. The first kappa shape index (κ1) is 19.2. The fourth-order valence-corrected chi connectivity index (χ4v) is 4.49. The molecular formula is C16H22N6O4S. The van der Waals surface area contributed by atoms with Gasteiger partial charge in [0.1, 0.15) is 18.3 Å². The van der Waals surface area contributed by atoms with E-state index in [1.54, 1.807) is 11.0 Å². The van der Waals surface area contributed by atoms with Gasteiger partial charge in [-0.1, -0.05) is 6.92 Å². The number of hydrogen-bond acceptors (Lipinski definition) is 7. The average Bonchev–Trinajstić information content (AvgIpc) is 3.15. The predicted octanol–water partition coefficient (Wildman–Crippen LogP) is 1.72. The van der Waals surface area contributed by atoms with Gasteiger partial charge >= 0.3 is 0 Å². The second-order valence-electron chi connectivity index (χ2n) is 6.61. The molecule has 1 aromatic heterocycles. The number of aromatic nitrogens is 3. The summed E-state index contributed by atoms with van der Waals surface area (Å²) in [5.74, 6) is 0.488. The smallest absolute Gasteiger partial charge is 0.293 e. The molecule has 1 aromatic carbocycles. The maximum Gasteiger partial charge on any atom is 0.293 e. The average molecular weight is 394 g/mol. The van der Waals surface area contributed by atoms with Crippen LogP contribution in [-0.4, -0.2) is 52.0 Å². The van der Waals surface area contributed by atoms with E-state index in [1.807, 2.05) is 0 Å². The molecule has 3 rings (SSSR count). The maximum absolute atomic E-state index is 12.8. The number of sulfonamides is 1. The van der Waals surface area contributed by atoms with Crippen molar-refractivity contribution < 1.29 is 13.3 Å². The Balaban J connectivity index is 1.77. The summed E-state index contributed by atoms with van der Waals surface area (Å²) in [6.45, 7) is 3.84. The third-order valence-electron chi connectivity index (χ3n) is 4.67. The first-order valence-electron chi connectivity index (χ1n) is 8.73. The summed E-state index contributed by atoms with van der Waals surface area (Å²) < 4.78 is 28.6. The number of anilines is 1. The Kier molecular flexibility index (Phi) is 5.71. The third-order valence-corrected chi connectivity index (χ3v) is 6.56. The number of nitro benzene ring substituents is 1. The summed E-state index contributed by atoms with van der Waals surface area (Å²) in [7, 11) is -3.74. The summed E-state index contributed by atoms with van der Waals surface area (Å²) in [6, 6.07) is 3.99. The fourth-order valence-electron chi connectivity index (χ4n) is 3.00. The van der Waals surface area contributed by atoms with Gasteiger partial charge in [0.05, 0.1) is 16.4 Å². The first-order chi connectivity index (χ1) is 12.9. The van der Waals surface area contributed by atoms with Crippen LogP contribution in [-0.2, 0) is 16.6 Å². The van der Waals surface area contributed by atoms with Gasteiger partial charge in [0.2, 0.25) is 10.0 Å². The van der Waals surface area contributed by atoms with Gasteiger partial charge < -0.3 is 5.32 Å². The molecule has 0 amide bonds. The van der Waals surface area contributed by atoms with Crippen molar-refractivity contribution >= 4 is 21.4 Å². The lowest BCUT2D eigenvalue weighted by atomic mass is 10.0. The molecule has 0 atom stereocenters. The first-order valence-corrected chi connectivity index (χ1v) is 10.2. The molecule has 11 heteroatoms. The summed E-state index contributed by atoms with van der Waals surface area (Å²) >= 11 is 0. The number of rotatable bonds is 7. The third kappa shape index (κ3) is 4.42. The molecule has 0 unspecified atom stereocenters. The van der Waals surface area contributed by atoms with Crippen LogP contribution < -0.4 is 5.32 Å². The molecule has 1 fully saturated rings. The van der Waals surface area contributed by atoms with E-state index in [1.165, 1.54) is 22.8 Å². The van der Waals surface area contributed by atoms with Gasteiger partial charge in [-0.2, -0.15) is 9.40 Å². The van der Waals surface area contributed by atoms with Gasteiger partial charge in [0.15, 0.2) is 0 Å². The number of nitrogens with zero attached hydrogens (tertiary/aromatic N) is 5. The van der Waals surface area contributed by atoms with Crippen LogP contribution in [0.5, 0.6) is 0 Å². The van der Waals surface area contributed by atoms with Gasteiger partial charge in [0.25, 0.3) is 5.69 Å². The van der Waals surface area contributed by atoms with Crippen LogP contribution in [0.25, 0.3) is 0 Å². The van der Waals surface area contributed by atoms with E-state index in [0.29, 0.717) is 32.1 Å². The van der Waals surface area contributed by atoms with Gasteiger partial charge in [-0.25, -0.2) is 13.4 Å². The van der Waals surface area contributed by atoms with Gasteiger partial charge in [0, 0.05) is 25.7 Å². The van der Waals surface area contributed by atoms with Crippen LogP contribution in [0, 0.1) is 16.0 Å². The Morgan fingerprint density at radius 1 is 1.33 bits per heavy atom. The van der Waals surface area contributed by atoms with Gasteiger partial charge in [-0.15, -0.1) is 0 Å². The summed E-state index contributed by atoms with van der Waals surface area (Å²) in [5.41, 5.74) is 0.00590. The molecule has 0 radical (unpaired) electrons. The standard InChI is InChI=1S/C16H22N6O4S/c1-13-4-7-21(8-5-13)27(25,26)14-2-3-15(16(10-14)22(23)24)18-6-9-20-12-17-11-19-20/h2-3,10-13,18H,4-9H2,1H3. The fraction of sp³-hybridized carbons (Fsp3) is 0.500.